The lowest BCUT2D eigenvalue weighted by atomic mass is 9.99. The van der Waals surface area contributed by atoms with Crippen LogP contribution in [0.1, 0.15) is 25.5 Å². The molecule has 0 saturated carbocycles. The van der Waals surface area contributed by atoms with Gasteiger partial charge in [0.2, 0.25) is 0 Å². The van der Waals surface area contributed by atoms with Crippen molar-refractivity contribution >= 4 is 10.9 Å². The average molecular weight is 295 g/mol. The monoisotopic (exact) mass is 295 g/mol. The SMILES string of the molecule is Cc1ccccc1-c1cn(C(C)C)c2ccc(F)cc2c1=O. The molecule has 0 aliphatic rings. The van der Waals surface area contributed by atoms with Gasteiger partial charge in [-0.15, -0.1) is 0 Å². The maximum atomic E-state index is 13.6. The predicted octanol–water partition coefficient (Wildman–Crippen LogP) is 4.70. The van der Waals surface area contributed by atoms with E-state index in [0.29, 0.717) is 10.9 Å². The van der Waals surface area contributed by atoms with Crippen LogP contribution >= 0.6 is 0 Å². The first kappa shape index (κ1) is 14.5. The first-order chi connectivity index (χ1) is 10.5. The Balaban J connectivity index is 2.44. The molecule has 0 amide bonds. The highest BCUT2D eigenvalue weighted by atomic mass is 19.1. The molecule has 0 saturated heterocycles. The lowest BCUT2D eigenvalue weighted by molar-refractivity contribution is 0.613. The van der Waals surface area contributed by atoms with Crippen molar-refractivity contribution in [3.8, 4) is 11.1 Å². The fourth-order valence-corrected chi connectivity index (χ4v) is 2.82. The second kappa shape index (κ2) is 5.41. The van der Waals surface area contributed by atoms with Gasteiger partial charge in [-0.1, -0.05) is 24.3 Å². The molecule has 3 heteroatoms. The van der Waals surface area contributed by atoms with Crippen LogP contribution in [0.2, 0.25) is 0 Å². The number of nitrogens with zero attached hydrogens (tertiary/aromatic N) is 1. The molecule has 0 aliphatic carbocycles. The van der Waals surface area contributed by atoms with Gasteiger partial charge in [0.1, 0.15) is 5.82 Å². The van der Waals surface area contributed by atoms with Crippen molar-refractivity contribution in [1.82, 2.24) is 4.57 Å². The minimum Gasteiger partial charge on any atom is -0.344 e. The van der Waals surface area contributed by atoms with Gasteiger partial charge < -0.3 is 4.57 Å². The maximum absolute atomic E-state index is 13.6. The van der Waals surface area contributed by atoms with Gasteiger partial charge in [0.25, 0.3) is 0 Å². The van der Waals surface area contributed by atoms with E-state index in [2.05, 4.69) is 13.8 Å². The summed E-state index contributed by atoms with van der Waals surface area (Å²) in [6, 6.07) is 12.3. The third-order valence-electron chi connectivity index (χ3n) is 3.99. The van der Waals surface area contributed by atoms with Crippen molar-refractivity contribution in [3.05, 3.63) is 70.3 Å². The average Bonchev–Trinajstić information content (AvgIpc) is 2.49. The molecule has 0 fully saturated rings. The molecule has 0 N–H and O–H groups in total. The van der Waals surface area contributed by atoms with Gasteiger partial charge in [-0.2, -0.15) is 0 Å². The number of aryl methyl sites for hydroxylation is 1. The van der Waals surface area contributed by atoms with Gasteiger partial charge in [-0.05, 0) is 50.1 Å². The highest BCUT2D eigenvalue weighted by Gasteiger charge is 2.14. The fourth-order valence-electron chi connectivity index (χ4n) is 2.82. The summed E-state index contributed by atoms with van der Waals surface area (Å²) in [7, 11) is 0. The molecule has 1 aromatic heterocycles. The molecule has 0 spiro atoms. The zero-order valence-corrected chi connectivity index (χ0v) is 12.9. The summed E-state index contributed by atoms with van der Waals surface area (Å²) in [5.41, 5.74) is 3.18. The van der Waals surface area contributed by atoms with Crippen LogP contribution in [-0.2, 0) is 0 Å². The number of pyridine rings is 1. The van der Waals surface area contributed by atoms with Crippen molar-refractivity contribution in [3.63, 3.8) is 0 Å². The largest absolute Gasteiger partial charge is 0.344 e. The molecule has 3 aromatic rings. The van der Waals surface area contributed by atoms with Crippen molar-refractivity contribution < 1.29 is 4.39 Å². The third kappa shape index (κ3) is 2.33. The Bertz CT molecular complexity index is 909. The van der Waals surface area contributed by atoms with E-state index >= 15 is 0 Å². The van der Waals surface area contributed by atoms with Gasteiger partial charge in [0.15, 0.2) is 5.43 Å². The molecular formula is C19H18FNO. The van der Waals surface area contributed by atoms with Crippen LogP contribution in [0.25, 0.3) is 22.0 Å². The topological polar surface area (TPSA) is 22.0 Å². The zero-order valence-electron chi connectivity index (χ0n) is 12.9. The number of benzene rings is 2. The van der Waals surface area contributed by atoms with Crippen LogP contribution < -0.4 is 5.43 Å². The summed E-state index contributed by atoms with van der Waals surface area (Å²) in [4.78, 5) is 12.8. The van der Waals surface area contributed by atoms with Gasteiger partial charge in [-0.25, -0.2) is 4.39 Å². The predicted molar refractivity (Wildman–Crippen MR) is 88.7 cm³/mol. The molecule has 112 valence electrons. The quantitative estimate of drug-likeness (QED) is 0.672. The molecule has 1 heterocycles. The molecule has 0 bridgehead atoms. The zero-order chi connectivity index (χ0) is 15.9. The lowest BCUT2D eigenvalue weighted by Crippen LogP contribution is -2.14. The second-order valence-electron chi connectivity index (χ2n) is 5.85. The van der Waals surface area contributed by atoms with Crippen LogP contribution in [0.3, 0.4) is 0 Å². The van der Waals surface area contributed by atoms with E-state index in [9.17, 15) is 9.18 Å². The van der Waals surface area contributed by atoms with Gasteiger partial charge in [-0.3, -0.25) is 4.79 Å². The summed E-state index contributed by atoms with van der Waals surface area (Å²) >= 11 is 0. The van der Waals surface area contributed by atoms with Crippen molar-refractivity contribution in [1.29, 1.82) is 0 Å². The minimum absolute atomic E-state index is 0.124. The van der Waals surface area contributed by atoms with Gasteiger partial charge in [0, 0.05) is 23.2 Å². The second-order valence-corrected chi connectivity index (χ2v) is 5.85. The Hall–Kier alpha value is -2.42. The Kier molecular flexibility index (Phi) is 3.57. The number of hydrogen-bond donors (Lipinski definition) is 0. The van der Waals surface area contributed by atoms with Gasteiger partial charge >= 0.3 is 0 Å². The van der Waals surface area contributed by atoms with Crippen LogP contribution in [0.15, 0.2) is 53.5 Å². The Morgan fingerprint density at radius 1 is 1.05 bits per heavy atom. The molecule has 0 radical (unpaired) electrons. The van der Waals surface area contributed by atoms with E-state index in [1.54, 1.807) is 6.07 Å². The molecule has 22 heavy (non-hydrogen) atoms. The highest BCUT2D eigenvalue weighted by Crippen LogP contribution is 2.25. The van der Waals surface area contributed by atoms with Gasteiger partial charge in [0.05, 0.1) is 5.52 Å². The van der Waals surface area contributed by atoms with E-state index in [4.69, 9.17) is 0 Å². The molecule has 0 aliphatic heterocycles. The molecule has 0 unspecified atom stereocenters. The van der Waals surface area contributed by atoms with E-state index < -0.39 is 0 Å². The van der Waals surface area contributed by atoms with E-state index in [1.807, 2.05) is 42.0 Å². The van der Waals surface area contributed by atoms with E-state index in [0.717, 1.165) is 16.6 Å². The van der Waals surface area contributed by atoms with Crippen LogP contribution in [-0.4, -0.2) is 4.57 Å². The summed E-state index contributed by atoms with van der Waals surface area (Å²) in [5, 5.41) is 0.425. The summed E-state index contributed by atoms with van der Waals surface area (Å²) < 4.78 is 15.6. The first-order valence-electron chi connectivity index (χ1n) is 7.39. The first-order valence-corrected chi connectivity index (χ1v) is 7.39. The minimum atomic E-state index is -0.387. The molecule has 3 rings (SSSR count). The Morgan fingerprint density at radius 3 is 2.45 bits per heavy atom. The van der Waals surface area contributed by atoms with Crippen molar-refractivity contribution in [2.24, 2.45) is 0 Å². The van der Waals surface area contributed by atoms with Crippen LogP contribution in [0.4, 0.5) is 4.39 Å². The summed E-state index contributed by atoms with van der Waals surface area (Å²) in [5.74, 6) is -0.387. The number of aromatic nitrogens is 1. The smallest absolute Gasteiger partial charge is 0.197 e. The van der Waals surface area contributed by atoms with Crippen LogP contribution in [0, 0.1) is 12.7 Å². The highest BCUT2D eigenvalue weighted by molar-refractivity contribution is 5.84. The molecular weight excluding hydrogens is 277 g/mol. The van der Waals surface area contributed by atoms with Crippen LogP contribution in [0.5, 0.6) is 0 Å². The lowest BCUT2D eigenvalue weighted by Gasteiger charge is -2.17. The van der Waals surface area contributed by atoms with Crippen molar-refractivity contribution in [2.45, 2.75) is 26.8 Å². The van der Waals surface area contributed by atoms with Crippen molar-refractivity contribution in [2.75, 3.05) is 0 Å². The number of hydrogen-bond acceptors (Lipinski definition) is 1. The normalized spacial score (nSPS) is 11.3. The summed E-state index contributed by atoms with van der Waals surface area (Å²) in [6.45, 7) is 6.08. The van der Waals surface area contributed by atoms with E-state index in [-0.39, 0.29) is 17.3 Å². The number of fused-ring (bicyclic) bond motifs is 1. The molecule has 2 aromatic carbocycles. The Labute approximate surface area is 128 Å². The number of halogens is 1. The van der Waals surface area contributed by atoms with E-state index in [1.165, 1.54) is 12.1 Å². The molecule has 2 nitrogen and oxygen atoms in total. The standard InChI is InChI=1S/C19H18FNO/c1-12(2)21-11-17(15-7-5-4-6-13(15)3)19(22)16-10-14(20)8-9-18(16)21/h4-12H,1-3H3. The molecule has 0 atom stereocenters. The summed E-state index contributed by atoms with van der Waals surface area (Å²) in [6.07, 6.45) is 1.88. The maximum Gasteiger partial charge on any atom is 0.197 e. The Morgan fingerprint density at radius 2 is 1.77 bits per heavy atom. The fraction of sp³-hybridized carbons (Fsp3) is 0.211. The third-order valence-corrected chi connectivity index (χ3v) is 3.99. The number of rotatable bonds is 2.